The number of morpholine rings is 1. The Kier molecular flexibility index (Phi) is 7.49. The van der Waals surface area contributed by atoms with Gasteiger partial charge < -0.3 is 24.2 Å². The van der Waals surface area contributed by atoms with Gasteiger partial charge in [0.1, 0.15) is 17.3 Å². The fourth-order valence-corrected chi connectivity index (χ4v) is 4.48. The SMILES string of the molecule is COc1cccc(/C(O)=C2\C(=O)C(=O)N(CCCN3CCOCC3)[C@@H]2c2cccc(OC)c2)c1. The van der Waals surface area contributed by atoms with Crippen LogP contribution < -0.4 is 9.47 Å². The Morgan fingerprint density at radius 3 is 2.38 bits per heavy atom. The number of ketones is 1. The second-order valence-corrected chi connectivity index (χ2v) is 8.31. The van der Waals surface area contributed by atoms with E-state index in [0.29, 0.717) is 48.8 Å². The van der Waals surface area contributed by atoms with Gasteiger partial charge in [0.05, 0.1) is 39.0 Å². The van der Waals surface area contributed by atoms with Gasteiger partial charge in [-0.3, -0.25) is 14.5 Å². The lowest BCUT2D eigenvalue weighted by atomic mass is 9.95. The predicted molar refractivity (Wildman–Crippen MR) is 127 cm³/mol. The van der Waals surface area contributed by atoms with Crippen LogP contribution in [-0.4, -0.2) is 80.2 Å². The molecule has 0 radical (unpaired) electrons. The molecule has 2 aliphatic rings. The zero-order valence-corrected chi connectivity index (χ0v) is 19.5. The van der Waals surface area contributed by atoms with Gasteiger partial charge >= 0.3 is 0 Å². The van der Waals surface area contributed by atoms with E-state index in [-0.39, 0.29) is 11.3 Å². The maximum Gasteiger partial charge on any atom is 0.295 e. The lowest BCUT2D eigenvalue weighted by molar-refractivity contribution is -0.140. The highest BCUT2D eigenvalue weighted by molar-refractivity contribution is 6.46. The van der Waals surface area contributed by atoms with Gasteiger partial charge in [-0.15, -0.1) is 0 Å². The van der Waals surface area contributed by atoms with Crippen LogP contribution in [0.15, 0.2) is 54.1 Å². The lowest BCUT2D eigenvalue weighted by Crippen LogP contribution is -2.38. The molecule has 1 atom stereocenters. The third kappa shape index (κ3) is 4.93. The molecular weight excluding hydrogens is 436 g/mol. The first-order valence-corrected chi connectivity index (χ1v) is 11.4. The van der Waals surface area contributed by atoms with Crippen LogP contribution >= 0.6 is 0 Å². The van der Waals surface area contributed by atoms with Crippen molar-refractivity contribution in [3.05, 3.63) is 65.2 Å². The number of carbonyl (C=O) groups excluding carboxylic acids is 2. The third-order valence-electron chi connectivity index (χ3n) is 6.27. The summed E-state index contributed by atoms with van der Waals surface area (Å²) in [5.41, 5.74) is 1.19. The van der Waals surface area contributed by atoms with Crippen LogP contribution in [0.3, 0.4) is 0 Å². The summed E-state index contributed by atoms with van der Waals surface area (Å²) < 4.78 is 16.0. The Morgan fingerprint density at radius 2 is 1.68 bits per heavy atom. The molecule has 180 valence electrons. The Hall–Kier alpha value is -3.36. The van der Waals surface area contributed by atoms with Crippen LogP contribution in [0, 0.1) is 0 Å². The minimum atomic E-state index is -0.717. The summed E-state index contributed by atoms with van der Waals surface area (Å²) in [6, 6.07) is 13.3. The molecule has 8 heteroatoms. The number of hydrogen-bond donors (Lipinski definition) is 1. The minimum Gasteiger partial charge on any atom is -0.507 e. The van der Waals surface area contributed by atoms with Crippen molar-refractivity contribution in [2.24, 2.45) is 0 Å². The van der Waals surface area contributed by atoms with Crippen LogP contribution in [-0.2, 0) is 14.3 Å². The van der Waals surface area contributed by atoms with Crippen molar-refractivity contribution in [2.75, 3.05) is 53.6 Å². The summed E-state index contributed by atoms with van der Waals surface area (Å²) in [7, 11) is 3.09. The minimum absolute atomic E-state index is 0.0675. The Bertz CT molecular complexity index is 1080. The summed E-state index contributed by atoms with van der Waals surface area (Å²) >= 11 is 0. The molecule has 34 heavy (non-hydrogen) atoms. The molecule has 1 N–H and O–H groups in total. The molecule has 2 heterocycles. The molecule has 0 bridgehead atoms. The number of carbonyl (C=O) groups is 2. The fourth-order valence-electron chi connectivity index (χ4n) is 4.48. The van der Waals surface area contributed by atoms with Gasteiger partial charge in [0, 0.05) is 31.7 Å². The average Bonchev–Trinajstić information content (AvgIpc) is 3.14. The largest absolute Gasteiger partial charge is 0.507 e. The highest BCUT2D eigenvalue weighted by atomic mass is 16.5. The molecule has 0 unspecified atom stereocenters. The maximum absolute atomic E-state index is 13.2. The predicted octanol–water partition coefficient (Wildman–Crippen LogP) is 2.85. The molecule has 2 fully saturated rings. The number of nitrogens with zero attached hydrogens (tertiary/aromatic N) is 2. The number of benzene rings is 2. The number of methoxy groups -OCH3 is 2. The van der Waals surface area contributed by atoms with E-state index in [1.54, 1.807) is 48.4 Å². The molecule has 2 saturated heterocycles. The molecule has 8 nitrogen and oxygen atoms in total. The second-order valence-electron chi connectivity index (χ2n) is 8.31. The summed E-state index contributed by atoms with van der Waals surface area (Å²) in [4.78, 5) is 30.2. The smallest absolute Gasteiger partial charge is 0.295 e. The van der Waals surface area contributed by atoms with E-state index in [4.69, 9.17) is 14.2 Å². The van der Waals surface area contributed by atoms with E-state index in [9.17, 15) is 14.7 Å². The first-order valence-electron chi connectivity index (χ1n) is 11.4. The topological polar surface area (TPSA) is 88.5 Å². The van der Waals surface area contributed by atoms with E-state index in [1.165, 1.54) is 7.11 Å². The first kappa shape index (κ1) is 23.8. The standard InChI is InChI=1S/C26H30N2O6/c1-32-20-8-3-6-18(16-20)23-22(24(29)19-7-4-9-21(17-19)33-2)25(30)26(31)28(23)11-5-10-27-12-14-34-15-13-27/h3-4,6-9,16-17,23,29H,5,10-15H2,1-2H3/b24-22+/t23-/m1/s1. The van der Waals surface area contributed by atoms with Crippen molar-refractivity contribution in [1.82, 2.24) is 9.80 Å². The number of Topliss-reactive ketones (excluding diaryl/α,β-unsaturated/α-hetero) is 1. The summed E-state index contributed by atoms with van der Waals surface area (Å²) in [5, 5.41) is 11.2. The van der Waals surface area contributed by atoms with E-state index < -0.39 is 17.7 Å². The van der Waals surface area contributed by atoms with Crippen molar-refractivity contribution in [3.63, 3.8) is 0 Å². The van der Waals surface area contributed by atoms with Gasteiger partial charge in [0.25, 0.3) is 11.7 Å². The van der Waals surface area contributed by atoms with Gasteiger partial charge in [-0.25, -0.2) is 0 Å². The van der Waals surface area contributed by atoms with Crippen LogP contribution in [0.5, 0.6) is 11.5 Å². The third-order valence-corrected chi connectivity index (χ3v) is 6.27. The van der Waals surface area contributed by atoms with Crippen molar-refractivity contribution < 1.29 is 28.9 Å². The molecule has 0 aliphatic carbocycles. The molecule has 2 aromatic rings. The van der Waals surface area contributed by atoms with Crippen LogP contribution in [0.1, 0.15) is 23.6 Å². The average molecular weight is 467 g/mol. The van der Waals surface area contributed by atoms with Gasteiger partial charge in [0.15, 0.2) is 0 Å². The normalized spacial score (nSPS) is 20.5. The zero-order chi connectivity index (χ0) is 24.1. The summed E-state index contributed by atoms with van der Waals surface area (Å²) in [5.74, 6) is -0.376. The highest BCUT2D eigenvalue weighted by Gasteiger charge is 2.46. The van der Waals surface area contributed by atoms with E-state index in [1.807, 2.05) is 12.1 Å². The van der Waals surface area contributed by atoms with Gasteiger partial charge in [-0.2, -0.15) is 0 Å². The van der Waals surface area contributed by atoms with E-state index >= 15 is 0 Å². The molecule has 4 rings (SSSR count). The number of hydrogen-bond acceptors (Lipinski definition) is 7. The van der Waals surface area contributed by atoms with Gasteiger partial charge in [-0.05, 0) is 36.2 Å². The quantitative estimate of drug-likeness (QED) is 0.364. The number of likely N-dealkylation sites (tertiary alicyclic amines) is 1. The molecule has 2 aliphatic heterocycles. The second kappa shape index (κ2) is 10.7. The number of amides is 1. The van der Waals surface area contributed by atoms with Gasteiger partial charge in [0.2, 0.25) is 0 Å². The van der Waals surface area contributed by atoms with Crippen LogP contribution in [0.25, 0.3) is 5.76 Å². The molecule has 0 aromatic heterocycles. The molecule has 0 saturated carbocycles. The van der Waals surface area contributed by atoms with Crippen LogP contribution in [0.4, 0.5) is 0 Å². The number of aliphatic hydroxyl groups is 1. The fraction of sp³-hybridized carbons (Fsp3) is 0.385. The maximum atomic E-state index is 13.2. The molecule has 2 aromatic carbocycles. The summed E-state index contributed by atoms with van der Waals surface area (Å²) in [6.45, 7) is 4.30. The molecular formula is C26H30N2O6. The monoisotopic (exact) mass is 466 g/mol. The summed E-state index contributed by atoms with van der Waals surface area (Å²) in [6.07, 6.45) is 0.701. The van der Waals surface area contributed by atoms with Crippen LogP contribution in [0.2, 0.25) is 0 Å². The molecule has 1 amide bonds. The van der Waals surface area contributed by atoms with Crippen molar-refractivity contribution in [1.29, 1.82) is 0 Å². The van der Waals surface area contributed by atoms with Gasteiger partial charge in [-0.1, -0.05) is 24.3 Å². The number of ether oxygens (including phenoxy) is 3. The highest BCUT2D eigenvalue weighted by Crippen LogP contribution is 2.40. The van der Waals surface area contributed by atoms with Crippen molar-refractivity contribution in [2.45, 2.75) is 12.5 Å². The van der Waals surface area contributed by atoms with Crippen molar-refractivity contribution >= 4 is 17.4 Å². The Labute approximate surface area is 199 Å². The van der Waals surface area contributed by atoms with E-state index in [0.717, 1.165) is 19.6 Å². The number of rotatable bonds is 8. The molecule has 0 spiro atoms. The Morgan fingerprint density at radius 1 is 1.00 bits per heavy atom. The van der Waals surface area contributed by atoms with Crippen molar-refractivity contribution in [3.8, 4) is 11.5 Å². The number of aliphatic hydroxyl groups excluding tert-OH is 1. The van der Waals surface area contributed by atoms with E-state index in [2.05, 4.69) is 4.90 Å². The zero-order valence-electron chi connectivity index (χ0n) is 19.5. The Balaban J connectivity index is 1.70. The first-order chi connectivity index (χ1) is 16.5. The lowest BCUT2D eigenvalue weighted by Gasteiger charge is -2.29.